The van der Waals surface area contributed by atoms with E-state index < -0.39 is 5.82 Å². The molecule has 1 saturated carbocycles. The smallest absolute Gasteiger partial charge is 0.290 e. The van der Waals surface area contributed by atoms with Gasteiger partial charge in [-0.2, -0.15) is 0 Å². The average Bonchev–Trinajstić information content (AvgIpc) is 2.95. The number of fused-ring (bicyclic) bond motifs is 1. The lowest BCUT2D eigenvalue weighted by molar-refractivity contribution is -0.147. The first-order valence-corrected chi connectivity index (χ1v) is 11.0. The molecule has 1 aliphatic carbocycles. The van der Waals surface area contributed by atoms with Gasteiger partial charge in [-0.25, -0.2) is 4.39 Å². The number of benzene rings is 1. The van der Waals surface area contributed by atoms with E-state index in [-0.39, 0.29) is 35.1 Å². The minimum atomic E-state index is -0.578. The zero-order valence-corrected chi connectivity index (χ0v) is 18.4. The molecule has 7 nitrogen and oxygen atoms in total. The monoisotopic (exact) mass is 453 g/mol. The SMILES string of the molecule is CN1CCCN(C(=O)[C@@H]2C[C@H]3CCN(C(=O)c4ccc(Cl)c(F)c4)C[C@H]32)CC1.O=CO. The lowest BCUT2D eigenvalue weighted by atomic mass is 9.61. The summed E-state index contributed by atoms with van der Waals surface area (Å²) in [5.41, 5.74) is 0.318. The van der Waals surface area contributed by atoms with Crippen molar-refractivity contribution in [2.45, 2.75) is 19.3 Å². The van der Waals surface area contributed by atoms with E-state index in [2.05, 4.69) is 11.9 Å². The van der Waals surface area contributed by atoms with Crippen LogP contribution in [0.25, 0.3) is 0 Å². The molecule has 1 aromatic carbocycles. The lowest BCUT2D eigenvalue weighted by Crippen LogP contribution is -2.56. The van der Waals surface area contributed by atoms with Crippen molar-refractivity contribution in [3.8, 4) is 0 Å². The molecule has 0 spiro atoms. The van der Waals surface area contributed by atoms with Crippen LogP contribution in [0.4, 0.5) is 4.39 Å². The van der Waals surface area contributed by atoms with Crippen LogP contribution in [0.1, 0.15) is 29.6 Å². The standard InChI is InChI=1S/C21H27ClFN3O2.CH2O2/c1-24-6-2-7-25(10-9-24)21(28)16-11-14-5-8-26(13-17(14)16)20(27)15-3-4-18(22)19(23)12-15;2-1-3/h3-4,12,14,16-17H,2,5-11,13H2,1H3;1H,(H,2,3)/t14-,16-,17-;/m1./s1. The van der Waals surface area contributed by atoms with Crippen LogP contribution < -0.4 is 0 Å². The second-order valence-electron chi connectivity index (χ2n) is 8.52. The summed E-state index contributed by atoms with van der Waals surface area (Å²) in [6, 6.07) is 4.19. The highest BCUT2D eigenvalue weighted by Crippen LogP contribution is 2.46. The Morgan fingerprint density at radius 1 is 1.16 bits per heavy atom. The summed E-state index contributed by atoms with van der Waals surface area (Å²) in [6.07, 6.45) is 2.86. The van der Waals surface area contributed by atoms with Gasteiger partial charge in [-0.3, -0.25) is 14.4 Å². The summed E-state index contributed by atoms with van der Waals surface area (Å²) in [5.74, 6) is 0.265. The summed E-state index contributed by atoms with van der Waals surface area (Å²) in [5, 5.41) is 6.91. The number of halogens is 2. The molecule has 0 unspecified atom stereocenters. The molecule has 31 heavy (non-hydrogen) atoms. The van der Waals surface area contributed by atoms with Crippen LogP contribution in [0.15, 0.2) is 18.2 Å². The predicted octanol–water partition coefficient (Wildman–Crippen LogP) is 2.44. The van der Waals surface area contributed by atoms with E-state index >= 15 is 0 Å². The highest BCUT2D eigenvalue weighted by atomic mass is 35.5. The molecule has 1 N–H and O–H groups in total. The van der Waals surface area contributed by atoms with Gasteiger partial charge >= 0.3 is 0 Å². The van der Waals surface area contributed by atoms with Gasteiger partial charge in [0.1, 0.15) is 5.82 Å². The quantitative estimate of drug-likeness (QED) is 0.695. The van der Waals surface area contributed by atoms with Crippen molar-refractivity contribution < 1.29 is 23.9 Å². The van der Waals surface area contributed by atoms with Crippen molar-refractivity contribution in [2.24, 2.45) is 17.8 Å². The number of amides is 2. The molecular weight excluding hydrogens is 425 g/mol. The number of carboxylic acid groups (broad SMARTS) is 1. The first kappa shape index (κ1) is 23.5. The van der Waals surface area contributed by atoms with Gasteiger partial charge in [0.05, 0.1) is 5.02 Å². The van der Waals surface area contributed by atoms with Gasteiger partial charge < -0.3 is 19.8 Å². The van der Waals surface area contributed by atoms with E-state index in [0.717, 1.165) is 45.4 Å². The highest BCUT2D eigenvalue weighted by molar-refractivity contribution is 6.30. The van der Waals surface area contributed by atoms with Crippen LogP contribution in [-0.2, 0) is 9.59 Å². The molecule has 170 valence electrons. The molecule has 3 aliphatic rings. The third-order valence-electron chi connectivity index (χ3n) is 6.68. The Bertz CT molecular complexity index is 824. The number of carbonyl (C=O) groups excluding carboxylic acids is 2. The molecule has 1 aromatic rings. The Morgan fingerprint density at radius 3 is 2.61 bits per heavy atom. The van der Waals surface area contributed by atoms with Gasteiger partial charge in [0.15, 0.2) is 0 Å². The highest BCUT2D eigenvalue weighted by Gasteiger charge is 2.49. The summed E-state index contributed by atoms with van der Waals surface area (Å²) < 4.78 is 13.7. The molecule has 9 heteroatoms. The molecular formula is C22H29ClFN3O4. The molecule has 0 aromatic heterocycles. The normalized spacial score (nSPS) is 26.0. The van der Waals surface area contributed by atoms with E-state index in [1.54, 1.807) is 11.0 Å². The predicted molar refractivity (Wildman–Crippen MR) is 114 cm³/mol. The Balaban J connectivity index is 0.000000858. The topological polar surface area (TPSA) is 81.2 Å². The molecule has 2 aliphatic heterocycles. The first-order valence-electron chi connectivity index (χ1n) is 10.6. The van der Waals surface area contributed by atoms with Crippen LogP contribution in [0.3, 0.4) is 0 Å². The molecule has 2 saturated heterocycles. The zero-order valence-electron chi connectivity index (χ0n) is 17.7. The van der Waals surface area contributed by atoms with Gasteiger partial charge in [-0.05, 0) is 62.9 Å². The molecule has 2 heterocycles. The Morgan fingerprint density at radius 2 is 1.90 bits per heavy atom. The van der Waals surface area contributed by atoms with E-state index in [4.69, 9.17) is 21.5 Å². The van der Waals surface area contributed by atoms with E-state index in [1.165, 1.54) is 12.1 Å². The fourth-order valence-electron chi connectivity index (χ4n) is 4.87. The number of likely N-dealkylation sites (tertiary alicyclic amines) is 1. The fraction of sp³-hybridized carbons (Fsp3) is 0.591. The number of nitrogens with zero attached hydrogens (tertiary/aromatic N) is 3. The number of carbonyl (C=O) groups is 3. The van der Waals surface area contributed by atoms with Crippen LogP contribution in [0.5, 0.6) is 0 Å². The number of hydrogen-bond donors (Lipinski definition) is 1. The largest absolute Gasteiger partial charge is 0.483 e. The van der Waals surface area contributed by atoms with Gasteiger partial charge in [0, 0.05) is 44.2 Å². The van der Waals surface area contributed by atoms with Crippen LogP contribution >= 0.6 is 11.6 Å². The molecule has 4 rings (SSSR count). The Labute approximate surface area is 186 Å². The fourth-order valence-corrected chi connectivity index (χ4v) is 4.98. The third kappa shape index (κ3) is 5.36. The number of likely N-dealkylation sites (N-methyl/N-ethyl adjacent to an activating group) is 1. The second-order valence-corrected chi connectivity index (χ2v) is 8.93. The van der Waals surface area contributed by atoms with Gasteiger partial charge in [-0.1, -0.05) is 11.6 Å². The molecule has 3 fully saturated rings. The average molecular weight is 454 g/mol. The van der Waals surface area contributed by atoms with E-state index in [9.17, 15) is 14.0 Å². The summed E-state index contributed by atoms with van der Waals surface area (Å²) >= 11 is 5.73. The summed E-state index contributed by atoms with van der Waals surface area (Å²) in [6.45, 7) is 4.55. The third-order valence-corrected chi connectivity index (χ3v) is 6.99. The van der Waals surface area contributed by atoms with Crippen LogP contribution in [-0.4, -0.2) is 84.4 Å². The molecule has 0 radical (unpaired) electrons. The van der Waals surface area contributed by atoms with Crippen molar-refractivity contribution in [3.05, 3.63) is 34.6 Å². The Hall–Kier alpha value is -2.19. The number of hydrogen-bond acceptors (Lipinski definition) is 4. The van der Waals surface area contributed by atoms with E-state index in [1.807, 2.05) is 4.90 Å². The van der Waals surface area contributed by atoms with Crippen molar-refractivity contribution in [3.63, 3.8) is 0 Å². The van der Waals surface area contributed by atoms with Crippen LogP contribution in [0, 0.1) is 23.6 Å². The van der Waals surface area contributed by atoms with Crippen molar-refractivity contribution in [2.75, 3.05) is 46.3 Å². The van der Waals surface area contributed by atoms with Gasteiger partial charge in [-0.15, -0.1) is 0 Å². The maximum absolute atomic E-state index is 13.7. The van der Waals surface area contributed by atoms with Crippen molar-refractivity contribution >= 4 is 29.9 Å². The first-order chi connectivity index (χ1) is 14.8. The Kier molecular flexibility index (Phi) is 7.89. The number of piperidine rings is 1. The number of rotatable bonds is 2. The maximum Gasteiger partial charge on any atom is 0.290 e. The zero-order chi connectivity index (χ0) is 22.5. The molecule has 3 atom stereocenters. The molecule has 2 amide bonds. The van der Waals surface area contributed by atoms with Crippen molar-refractivity contribution in [1.29, 1.82) is 0 Å². The van der Waals surface area contributed by atoms with E-state index in [0.29, 0.717) is 24.6 Å². The minimum absolute atomic E-state index is 0.0167. The van der Waals surface area contributed by atoms with Crippen molar-refractivity contribution in [1.82, 2.24) is 14.7 Å². The van der Waals surface area contributed by atoms with Gasteiger partial charge in [0.2, 0.25) is 5.91 Å². The summed E-state index contributed by atoms with van der Waals surface area (Å²) in [7, 11) is 2.09. The van der Waals surface area contributed by atoms with Gasteiger partial charge in [0.25, 0.3) is 12.4 Å². The molecule has 0 bridgehead atoms. The maximum atomic E-state index is 13.7. The lowest BCUT2D eigenvalue weighted by Gasteiger charge is -2.51. The second kappa shape index (κ2) is 10.4. The van der Waals surface area contributed by atoms with Crippen LogP contribution in [0.2, 0.25) is 5.02 Å². The summed E-state index contributed by atoms with van der Waals surface area (Å²) in [4.78, 5) is 40.3. The minimum Gasteiger partial charge on any atom is -0.483 e.